The van der Waals surface area contributed by atoms with Crippen molar-refractivity contribution < 1.29 is 0 Å². The van der Waals surface area contributed by atoms with E-state index in [4.69, 9.17) is 5.41 Å². The third-order valence-electron chi connectivity index (χ3n) is 3.00. The largest absolute Gasteiger partial charge is 0.363 e. The van der Waals surface area contributed by atoms with E-state index in [0.717, 1.165) is 18.5 Å². The Morgan fingerprint density at radius 2 is 1.70 bits per heavy atom. The normalized spacial score (nSPS) is 28.6. The standard InChI is InChI=1S/C8H14N2/c9-7-10-5-3-8(1-2-8)4-6-10/h7,9H,1-6H2. The molecule has 0 atom stereocenters. The van der Waals surface area contributed by atoms with Crippen LogP contribution < -0.4 is 0 Å². The van der Waals surface area contributed by atoms with E-state index < -0.39 is 0 Å². The average molecular weight is 138 g/mol. The summed E-state index contributed by atoms with van der Waals surface area (Å²) in [6.07, 6.45) is 7.07. The summed E-state index contributed by atoms with van der Waals surface area (Å²) >= 11 is 0. The summed E-state index contributed by atoms with van der Waals surface area (Å²) in [5, 5.41) is 7.05. The molecule has 0 aromatic rings. The molecule has 1 heterocycles. The summed E-state index contributed by atoms with van der Waals surface area (Å²) in [6.45, 7) is 2.26. The maximum atomic E-state index is 7.05. The number of piperidine rings is 1. The number of rotatable bonds is 1. The fourth-order valence-electron chi connectivity index (χ4n) is 1.80. The summed E-state index contributed by atoms with van der Waals surface area (Å²) in [5.41, 5.74) is 0.763. The number of nitrogens with zero attached hydrogens (tertiary/aromatic N) is 1. The van der Waals surface area contributed by atoms with Crippen LogP contribution in [0.2, 0.25) is 0 Å². The Kier molecular flexibility index (Phi) is 1.22. The van der Waals surface area contributed by atoms with Gasteiger partial charge in [0.15, 0.2) is 0 Å². The van der Waals surface area contributed by atoms with E-state index in [0.29, 0.717) is 0 Å². The van der Waals surface area contributed by atoms with Crippen molar-refractivity contribution in [3.8, 4) is 0 Å². The van der Waals surface area contributed by atoms with Crippen LogP contribution in [0, 0.1) is 10.8 Å². The van der Waals surface area contributed by atoms with Crippen LogP contribution in [0.4, 0.5) is 0 Å². The molecule has 1 spiro atoms. The lowest BCUT2D eigenvalue weighted by atomic mass is 9.94. The van der Waals surface area contributed by atoms with E-state index in [1.54, 1.807) is 0 Å². The monoisotopic (exact) mass is 138 g/mol. The van der Waals surface area contributed by atoms with Gasteiger partial charge < -0.3 is 4.90 Å². The summed E-state index contributed by atoms with van der Waals surface area (Å²) in [6, 6.07) is 0. The Labute approximate surface area is 61.7 Å². The van der Waals surface area contributed by atoms with Crippen molar-refractivity contribution in [2.24, 2.45) is 5.41 Å². The quantitative estimate of drug-likeness (QED) is 0.431. The van der Waals surface area contributed by atoms with Gasteiger partial charge >= 0.3 is 0 Å². The van der Waals surface area contributed by atoms with Crippen molar-refractivity contribution in [2.75, 3.05) is 13.1 Å². The van der Waals surface area contributed by atoms with Crippen molar-refractivity contribution in [3.63, 3.8) is 0 Å². The van der Waals surface area contributed by atoms with E-state index in [-0.39, 0.29) is 0 Å². The molecular weight excluding hydrogens is 124 g/mol. The van der Waals surface area contributed by atoms with Gasteiger partial charge in [-0.1, -0.05) is 0 Å². The lowest BCUT2D eigenvalue weighted by molar-refractivity contribution is 0.254. The lowest BCUT2D eigenvalue weighted by Gasteiger charge is -2.29. The number of nitrogens with one attached hydrogen (secondary N) is 1. The second-order valence-corrected chi connectivity index (χ2v) is 3.67. The summed E-state index contributed by atoms with van der Waals surface area (Å²) < 4.78 is 0. The Morgan fingerprint density at radius 3 is 2.10 bits per heavy atom. The number of likely N-dealkylation sites (tertiary alicyclic amines) is 1. The highest BCUT2D eigenvalue weighted by atomic mass is 15.1. The molecule has 1 aliphatic carbocycles. The van der Waals surface area contributed by atoms with Gasteiger partial charge in [-0.3, -0.25) is 5.41 Å². The third-order valence-corrected chi connectivity index (χ3v) is 3.00. The molecule has 2 nitrogen and oxygen atoms in total. The van der Waals surface area contributed by atoms with Crippen molar-refractivity contribution >= 4 is 6.34 Å². The molecule has 0 unspecified atom stereocenters. The fraction of sp³-hybridized carbons (Fsp3) is 0.875. The minimum Gasteiger partial charge on any atom is -0.363 e. The highest BCUT2D eigenvalue weighted by Crippen LogP contribution is 2.53. The van der Waals surface area contributed by atoms with Gasteiger partial charge in [-0.25, -0.2) is 0 Å². The predicted molar refractivity (Wildman–Crippen MR) is 41.3 cm³/mol. The van der Waals surface area contributed by atoms with Gasteiger partial charge in [0.1, 0.15) is 0 Å². The molecule has 0 amide bonds. The van der Waals surface area contributed by atoms with Gasteiger partial charge in [-0.2, -0.15) is 0 Å². The smallest absolute Gasteiger partial charge is 0.0817 e. The summed E-state index contributed by atoms with van der Waals surface area (Å²) in [5.74, 6) is 0. The Bertz CT molecular complexity index is 139. The first kappa shape index (κ1) is 6.20. The highest BCUT2D eigenvalue weighted by Gasteiger charge is 2.43. The molecule has 0 aromatic heterocycles. The first-order valence-corrected chi connectivity index (χ1v) is 4.09. The molecule has 2 fully saturated rings. The summed E-state index contributed by atoms with van der Waals surface area (Å²) in [4.78, 5) is 2.11. The first-order valence-electron chi connectivity index (χ1n) is 4.09. The summed E-state index contributed by atoms with van der Waals surface area (Å²) in [7, 11) is 0. The van der Waals surface area contributed by atoms with Crippen LogP contribution in [0.25, 0.3) is 0 Å². The molecule has 0 radical (unpaired) electrons. The first-order chi connectivity index (χ1) is 4.85. The van der Waals surface area contributed by atoms with E-state index in [1.807, 2.05) is 0 Å². The second-order valence-electron chi connectivity index (χ2n) is 3.67. The molecule has 0 aromatic carbocycles. The van der Waals surface area contributed by atoms with E-state index >= 15 is 0 Å². The Morgan fingerprint density at radius 1 is 1.10 bits per heavy atom. The van der Waals surface area contributed by atoms with Crippen LogP contribution in [-0.4, -0.2) is 24.3 Å². The molecule has 1 aliphatic heterocycles. The van der Waals surface area contributed by atoms with Crippen LogP contribution in [0.1, 0.15) is 25.7 Å². The van der Waals surface area contributed by atoms with E-state index in [2.05, 4.69) is 4.90 Å². The van der Waals surface area contributed by atoms with Crippen molar-refractivity contribution in [3.05, 3.63) is 0 Å². The molecule has 56 valence electrons. The van der Waals surface area contributed by atoms with Crippen LogP contribution in [-0.2, 0) is 0 Å². The Balaban J connectivity index is 1.89. The van der Waals surface area contributed by atoms with E-state index in [1.165, 1.54) is 32.0 Å². The van der Waals surface area contributed by atoms with Gasteiger partial charge in [-0.05, 0) is 31.1 Å². The van der Waals surface area contributed by atoms with Crippen molar-refractivity contribution in [1.82, 2.24) is 4.90 Å². The van der Waals surface area contributed by atoms with Gasteiger partial charge in [0, 0.05) is 13.1 Å². The van der Waals surface area contributed by atoms with Crippen molar-refractivity contribution in [2.45, 2.75) is 25.7 Å². The fourth-order valence-corrected chi connectivity index (χ4v) is 1.80. The molecule has 0 bridgehead atoms. The SMILES string of the molecule is N=CN1CCC2(CC1)CC2. The third kappa shape index (κ3) is 0.917. The lowest BCUT2D eigenvalue weighted by Crippen LogP contribution is -2.32. The van der Waals surface area contributed by atoms with Gasteiger partial charge in [0.2, 0.25) is 0 Å². The van der Waals surface area contributed by atoms with Crippen molar-refractivity contribution in [1.29, 1.82) is 5.41 Å². The van der Waals surface area contributed by atoms with E-state index in [9.17, 15) is 0 Å². The Hall–Kier alpha value is -0.530. The van der Waals surface area contributed by atoms with Crippen LogP contribution in [0.15, 0.2) is 0 Å². The minimum absolute atomic E-state index is 0.763. The predicted octanol–water partition coefficient (Wildman–Crippen LogP) is 1.47. The highest BCUT2D eigenvalue weighted by molar-refractivity contribution is 5.50. The zero-order valence-electron chi connectivity index (χ0n) is 6.27. The van der Waals surface area contributed by atoms with Gasteiger partial charge in [-0.15, -0.1) is 0 Å². The average Bonchev–Trinajstić information content (AvgIpc) is 2.72. The minimum atomic E-state index is 0.763. The molecule has 1 N–H and O–H groups in total. The molecule has 1 saturated heterocycles. The molecule has 10 heavy (non-hydrogen) atoms. The zero-order valence-corrected chi connectivity index (χ0v) is 6.27. The zero-order chi connectivity index (χ0) is 7.03. The molecule has 2 rings (SSSR count). The molecule has 2 aliphatic rings. The maximum Gasteiger partial charge on any atom is 0.0817 e. The van der Waals surface area contributed by atoms with Gasteiger partial charge in [0.05, 0.1) is 6.34 Å². The number of hydrogen-bond acceptors (Lipinski definition) is 1. The van der Waals surface area contributed by atoms with Crippen LogP contribution in [0.5, 0.6) is 0 Å². The molecule has 2 heteroatoms. The second kappa shape index (κ2) is 1.97. The topological polar surface area (TPSA) is 27.1 Å². The maximum absolute atomic E-state index is 7.05. The molecule has 1 saturated carbocycles. The molecular formula is C8H14N2. The van der Waals surface area contributed by atoms with Crippen LogP contribution in [0.3, 0.4) is 0 Å². The van der Waals surface area contributed by atoms with Crippen LogP contribution >= 0.6 is 0 Å². The number of hydrogen-bond donors (Lipinski definition) is 1. The van der Waals surface area contributed by atoms with Gasteiger partial charge in [0.25, 0.3) is 0 Å².